The van der Waals surface area contributed by atoms with Gasteiger partial charge in [-0.05, 0) is 25.0 Å². The number of rotatable bonds is 4. The van der Waals surface area contributed by atoms with Crippen LogP contribution in [0.25, 0.3) is 10.6 Å². The first kappa shape index (κ1) is 11.1. The predicted molar refractivity (Wildman–Crippen MR) is 70.2 cm³/mol. The molecule has 3 rings (SSSR count). The maximum absolute atomic E-state index is 5.96. The van der Waals surface area contributed by atoms with Crippen molar-refractivity contribution in [3.8, 4) is 10.6 Å². The van der Waals surface area contributed by atoms with Crippen molar-refractivity contribution in [1.82, 2.24) is 15.5 Å². The summed E-state index contributed by atoms with van der Waals surface area (Å²) in [4.78, 5) is 0. The van der Waals surface area contributed by atoms with Crippen LogP contribution in [0.1, 0.15) is 17.8 Å². The Kier molecular flexibility index (Phi) is 3.09. The van der Waals surface area contributed by atoms with Gasteiger partial charge in [-0.25, -0.2) is 0 Å². The van der Waals surface area contributed by atoms with E-state index in [0.717, 1.165) is 27.1 Å². The lowest BCUT2D eigenvalue weighted by molar-refractivity contribution is 0.679. The predicted octanol–water partition coefficient (Wildman–Crippen LogP) is 3.11. The Morgan fingerprint density at radius 3 is 3.00 bits per heavy atom. The smallest absolute Gasteiger partial charge is 0.147 e. The van der Waals surface area contributed by atoms with E-state index in [-0.39, 0.29) is 0 Å². The first-order chi connectivity index (χ1) is 8.31. The minimum absolute atomic E-state index is 0.702. The third-order valence-corrected chi connectivity index (χ3v) is 3.87. The van der Waals surface area contributed by atoms with Gasteiger partial charge in [-0.15, -0.1) is 10.2 Å². The van der Waals surface area contributed by atoms with Gasteiger partial charge in [0.1, 0.15) is 10.0 Å². The number of aromatic nitrogens is 2. The molecule has 1 aromatic carbocycles. The van der Waals surface area contributed by atoms with Gasteiger partial charge in [0, 0.05) is 23.2 Å². The molecule has 0 spiro atoms. The van der Waals surface area contributed by atoms with E-state index in [1.807, 2.05) is 24.3 Å². The fourth-order valence-electron chi connectivity index (χ4n) is 1.58. The zero-order chi connectivity index (χ0) is 11.7. The van der Waals surface area contributed by atoms with Crippen LogP contribution in [0.15, 0.2) is 24.3 Å². The molecule has 2 aromatic rings. The minimum Gasteiger partial charge on any atom is -0.308 e. The summed E-state index contributed by atoms with van der Waals surface area (Å²) in [5.41, 5.74) is 1.03. The maximum atomic E-state index is 5.96. The van der Waals surface area contributed by atoms with Gasteiger partial charge in [-0.2, -0.15) is 0 Å². The summed E-state index contributed by atoms with van der Waals surface area (Å²) < 4.78 is 0. The molecule has 0 amide bonds. The van der Waals surface area contributed by atoms with Gasteiger partial charge in [0.2, 0.25) is 0 Å². The second-order valence-corrected chi connectivity index (χ2v) is 5.66. The molecular formula is C12H12ClN3S. The fraction of sp³-hybridized carbons (Fsp3) is 0.333. The molecule has 1 aliphatic carbocycles. The zero-order valence-corrected chi connectivity index (χ0v) is 10.8. The van der Waals surface area contributed by atoms with E-state index in [9.17, 15) is 0 Å². The van der Waals surface area contributed by atoms with Crippen molar-refractivity contribution in [2.24, 2.45) is 0 Å². The second kappa shape index (κ2) is 4.72. The lowest BCUT2D eigenvalue weighted by Crippen LogP contribution is -2.14. The molecule has 1 heterocycles. The minimum atomic E-state index is 0.702. The van der Waals surface area contributed by atoms with Crippen molar-refractivity contribution in [2.45, 2.75) is 25.4 Å². The topological polar surface area (TPSA) is 37.8 Å². The van der Waals surface area contributed by atoms with Crippen molar-refractivity contribution >= 4 is 22.9 Å². The first-order valence-electron chi connectivity index (χ1n) is 5.63. The average molecular weight is 266 g/mol. The number of benzene rings is 1. The molecule has 1 saturated carbocycles. The summed E-state index contributed by atoms with van der Waals surface area (Å²) in [6.07, 6.45) is 2.58. The van der Waals surface area contributed by atoms with Crippen molar-refractivity contribution in [3.05, 3.63) is 34.3 Å². The third kappa shape index (κ3) is 2.83. The van der Waals surface area contributed by atoms with Crippen LogP contribution in [-0.4, -0.2) is 16.2 Å². The molecule has 0 bridgehead atoms. The molecular weight excluding hydrogens is 254 g/mol. The quantitative estimate of drug-likeness (QED) is 0.923. The van der Waals surface area contributed by atoms with Crippen LogP contribution in [-0.2, 0) is 6.54 Å². The Labute approximate surface area is 109 Å². The van der Waals surface area contributed by atoms with E-state index in [0.29, 0.717) is 6.04 Å². The Morgan fingerprint density at radius 1 is 1.35 bits per heavy atom. The molecule has 1 aromatic heterocycles. The Hall–Kier alpha value is -0.970. The molecule has 1 N–H and O–H groups in total. The average Bonchev–Trinajstić information content (AvgIpc) is 3.04. The summed E-state index contributed by atoms with van der Waals surface area (Å²) in [5.74, 6) is 0. The molecule has 17 heavy (non-hydrogen) atoms. The molecule has 1 fully saturated rings. The molecule has 3 nitrogen and oxygen atoms in total. The summed E-state index contributed by atoms with van der Waals surface area (Å²) in [7, 11) is 0. The number of nitrogens with zero attached hydrogens (tertiary/aromatic N) is 2. The van der Waals surface area contributed by atoms with Crippen LogP contribution in [0.4, 0.5) is 0 Å². The van der Waals surface area contributed by atoms with Gasteiger partial charge in [-0.1, -0.05) is 35.1 Å². The van der Waals surface area contributed by atoms with Gasteiger partial charge in [0.05, 0.1) is 0 Å². The summed E-state index contributed by atoms with van der Waals surface area (Å²) in [5, 5.41) is 14.5. The van der Waals surface area contributed by atoms with Crippen molar-refractivity contribution in [1.29, 1.82) is 0 Å². The summed E-state index contributed by atoms with van der Waals surface area (Å²) >= 11 is 7.58. The molecule has 88 valence electrons. The Morgan fingerprint density at radius 2 is 2.24 bits per heavy atom. The Bertz CT molecular complexity index is 522. The highest BCUT2D eigenvalue weighted by Gasteiger charge is 2.20. The molecule has 0 saturated heterocycles. The second-order valence-electron chi connectivity index (χ2n) is 4.17. The van der Waals surface area contributed by atoms with E-state index in [2.05, 4.69) is 15.5 Å². The van der Waals surface area contributed by atoms with Gasteiger partial charge in [0.15, 0.2) is 0 Å². The lowest BCUT2D eigenvalue weighted by Gasteiger charge is -1.96. The standard InChI is InChI=1S/C12H12ClN3S/c13-9-3-1-2-8(6-9)12-16-15-11(17-12)7-14-10-4-5-10/h1-3,6,10,14H,4-5,7H2. The van der Waals surface area contributed by atoms with Crippen LogP contribution >= 0.6 is 22.9 Å². The van der Waals surface area contributed by atoms with E-state index >= 15 is 0 Å². The normalized spacial score (nSPS) is 15.1. The van der Waals surface area contributed by atoms with E-state index in [1.165, 1.54) is 12.8 Å². The number of nitrogens with one attached hydrogen (secondary N) is 1. The summed E-state index contributed by atoms with van der Waals surface area (Å²) in [6.45, 7) is 0.822. The molecule has 0 radical (unpaired) electrons. The van der Waals surface area contributed by atoms with Crippen LogP contribution in [0.2, 0.25) is 5.02 Å². The van der Waals surface area contributed by atoms with E-state index in [1.54, 1.807) is 11.3 Å². The number of hydrogen-bond acceptors (Lipinski definition) is 4. The molecule has 1 aliphatic rings. The lowest BCUT2D eigenvalue weighted by atomic mass is 10.2. The van der Waals surface area contributed by atoms with Crippen molar-refractivity contribution in [2.75, 3.05) is 0 Å². The van der Waals surface area contributed by atoms with Crippen LogP contribution < -0.4 is 5.32 Å². The largest absolute Gasteiger partial charge is 0.308 e. The van der Waals surface area contributed by atoms with Crippen molar-refractivity contribution in [3.63, 3.8) is 0 Å². The molecule has 5 heteroatoms. The van der Waals surface area contributed by atoms with Gasteiger partial charge in [0.25, 0.3) is 0 Å². The highest BCUT2D eigenvalue weighted by Crippen LogP contribution is 2.26. The third-order valence-electron chi connectivity index (χ3n) is 2.66. The highest BCUT2D eigenvalue weighted by molar-refractivity contribution is 7.14. The zero-order valence-electron chi connectivity index (χ0n) is 9.19. The fourth-order valence-corrected chi connectivity index (χ4v) is 2.56. The monoisotopic (exact) mass is 265 g/mol. The van der Waals surface area contributed by atoms with Gasteiger partial charge < -0.3 is 5.32 Å². The maximum Gasteiger partial charge on any atom is 0.147 e. The SMILES string of the molecule is Clc1cccc(-c2nnc(CNC3CC3)s2)c1. The van der Waals surface area contributed by atoms with Crippen molar-refractivity contribution < 1.29 is 0 Å². The molecule has 0 atom stereocenters. The number of hydrogen-bond donors (Lipinski definition) is 1. The molecule has 0 unspecified atom stereocenters. The summed E-state index contributed by atoms with van der Waals surface area (Å²) in [6, 6.07) is 8.42. The highest BCUT2D eigenvalue weighted by atomic mass is 35.5. The first-order valence-corrected chi connectivity index (χ1v) is 6.82. The molecule has 0 aliphatic heterocycles. The van der Waals surface area contributed by atoms with Crippen LogP contribution in [0, 0.1) is 0 Å². The van der Waals surface area contributed by atoms with Gasteiger partial charge in [-0.3, -0.25) is 0 Å². The van der Waals surface area contributed by atoms with Crippen LogP contribution in [0.5, 0.6) is 0 Å². The van der Waals surface area contributed by atoms with Gasteiger partial charge >= 0.3 is 0 Å². The Balaban J connectivity index is 1.74. The van der Waals surface area contributed by atoms with E-state index < -0.39 is 0 Å². The van der Waals surface area contributed by atoms with E-state index in [4.69, 9.17) is 11.6 Å². The van der Waals surface area contributed by atoms with Crippen LogP contribution in [0.3, 0.4) is 0 Å². The number of halogens is 1.